The van der Waals surface area contributed by atoms with Gasteiger partial charge in [0.05, 0.1) is 17.3 Å². The number of benzene rings is 2. The molecule has 1 aromatic heterocycles. The molecule has 2 aliphatic heterocycles. The SMILES string of the molecule is O=C(N1CCN(Cc2ccc(C(F)(F)F)cc2N2CCCC2)CC1)n1cc(-c2ccc(C(F)(F)F)cc2)cn1. The molecular weight excluding hydrogens is 524 g/mol. The molecule has 0 atom stereocenters. The van der Waals surface area contributed by atoms with E-state index in [0.29, 0.717) is 49.5 Å². The van der Waals surface area contributed by atoms with Gasteiger partial charge in [0.25, 0.3) is 0 Å². The van der Waals surface area contributed by atoms with Gasteiger partial charge in [-0.15, -0.1) is 0 Å². The smallest absolute Gasteiger partial charge is 0.371 e. The molecule has 208 valence electrons. The van der Waals surface area contributed by atoms with Crippen molar-refractivity contribution in [2.24, 2.45) is 0 Å². The molecule has 2 fully saturated rings. The Hall–Kier alpha value is -3.54. The van der Waals surface area contributed by atoms with Gasteiger partial charge in [-0.25, -0.2) is 4.79 Å². The van der Waals surface area contributed by atoms with Crippen LogP contribution >= 0.6 is 0 Å². The summed E-state index contributed by atoms with van der Waals surface area (Å²) in [6.07, 6.45) is -4.01. The highest BCUT2D eigenvalue weighted by Crippen LogP contribution is 2.35. The van der Waals surface area contributed by atoms with Crippen LogP contribution in [0.5, 0.6) is 0 Å². The molecular formula is C27H27F6N5O. The van der Waals surface area contributed by atoms with E-state index < -0.39 is 23.5 Å². The number of halogens is 6. The monoisotopic (exact) mass is 551 g/mol. The van der Waals surface area contributed by atoms with Crippen molar-refractivity contribution < 1.29 is 31.1 Å². The van der Waals surface area contributed by atoms with Gasteiger partial charge in [0, 0.05) is 63.3 Å². The van der Waals surface area contributed by atoms with Crippen molar-refractivity contribution in [3.05, 3.63) is 71.5 Å². The molecule has 5 rings (SSSR count). The number of hydrogen-bond acceptors (Lipinski definition) is 4. The number of carbonyl (C=O) groups excluding carboxylic acids is 1. The highest BCUT2D eigenvalue weighted by Gasteiger charge is 2.33. The Balaban J connectivity index is 1.21. The summed E-state index contributed by atoms with van der Waals surface area (Å²) in [5.74, 6) is 0. The molecule has 2 aliphatic rings. The Morgan fingerprint density at radius 3 is 2.00 bits per heavy atom. The summed E-state index contributed by atoms with van der Waals surface area (Å²) in [5, 5.41) is 4.10. The maximum Gasteiger partial charge on any atom is 0.416 e. The average Bonchev–Trinajstić information content (AvgIpc) is 3.61. The van der Waals surface area contributed by atoms with Crippen LogP contribution in [-0.2, 0) is 18.9 Å². The number of piperazine rings is 1. The summed E-state index contributed by atoms with van der Waals surface area (Å²) < 4.78 is 79.7. The summed E-state index contributed by atoms with van der Waals surface area (Å²) in [5.41, 5.74) is 1.07. The molecule has 0 bridgehead atoms. The lowest BCUT2D eigenvalue weighted by molar-refractivity contribution is -0.138. The minimum absolute atomic E-state index is 0.347. The summed E-state index contributed by atoms with van der Waals surface area (Å²) >= 11 is 0. The lowest BCUT2D eigenvalue weighted by Gasteiger charge is -2.35. The zero-order chi connectivity index (χ0) is 27.8. The van der Waals surface area contributed by atoms with E-state index in [2.05, 4.69) is 10.00 Å². The van der Waals surface area contributed by atoms with E-state index in [1.807, 2.05) is 4.90 Å². The van der Waals surface area contributed by atoms with Crippen LogP contribution < -0.4 is 4.90 Å². The maximum absolute atomic E-state index is 13.3. The van der Waals surface area contributed by atoms with E-state index in [-0.39, 0.29) is 6.03 Å². The second-order valence-corrected chi connectivity index (χ2v) is 9.83. The molecule has 0 unspecified atom stereocenters. The van der Waals surface area contributed by atoms with Gasteiger partial charge >= 0.3 is 18.4 Å². The van der Waals surface area contributed by atoms with E-state index >= 15 is 0 Å². The largest absolute Gasteiger partial charge is 0.416 e. The molecule has 2 aromatic carbocycles. The molecule has 2 saturated heterocycles. The third-order valence-corrected chi connectivity index (χ3v) is 7.22. The first-order valence-electron chi connectivity index (χ1n) is 12.7. The van der Waals surface area contributed by atoms with Gasteiger partial charge in [0.1, 0.15) is 0 Å². The first-order chi connectivity index (χ1) is 18.5. The van der Waals surface area contributed by atoms with Gasteiger partial charge in [-0.1, -0.05) is 18.2 Å². The van der Waals surface area contributed by atoms with E-state index in [1.54, 1.807) is 11.0 Å². The van der Waals surface area contributed by atoms with E-state index in [0.717, 1.165) is 49.7 Å². The number of rotatable bonds is 4. The van der Waals surface area contributed by atoms with E-state index in [9.17, 15) is 31.1 Å². The number of anilines is 1. The topological polar surface area (TPSA) is 44.6 Å². The number of alkyl halides is 6. The Morgan fingerprint density at radius 2 is 1.38 bits per heavy atom. The molecule has 6 nitrogen and oxygen atoms in total. The molecule has 1 amide bonds. The second kappa shape index (κ2) is 10.6. The molecule has 12 heteroatoms. The van der Waals surface area contributed by atoms with Crippen molar-refractivity contribution >= 4 is 11.7 Å². The zero-order valence-corrected chi connectivity index (χ0v) is 21.0. The minimum Gasteiger partial charge on any atom is -0.371 e. The van der Waals surface area contributed by atoms with Crippen LogP contribution in [0.2, 0.25) is 0 Å². The van der Waals surface area contributed by atoms with Crippen molar-refractivity contribution in [2.45, 2.75) is 31.7 Å². The van der Waals surface area contributed by atoms with Crippen LogP contribution in [0.4, 0.5) is 36.8 Å². The predicted octanol–water partition coefficient (Wildman–Crippen LogP) is 5.97. The molecule has 0 aliphatic carbocycles. The quantitative estimate of drug-likeness (QED) is 0.375. The van der Waals surface area contributed by atoms with Gasteiger partial charge in [-0.2, -0.15) is 36.1 Å². The van der Waals surface area contributed by atoms with Gasteiger partial charge in [0.15, 0.2) is 0 Å². The van der Waals surface area contributed by atoms with E-state index in [1.165, 1.54) is 35.3 Å². The Morgan fingerprint density at radius 1 is 0.769 bits per heavy atom. The van der Waals surface area contributed by atoms with Gasteiger partial charge in [-0.05, 0) is 48.2 Å². The summed E-state index contributed by atoms with van der Waals surface area (Å²) in [6.45, 7) is 3.84. The lowest BCUT2D eigenvalue weighted by Crippen LogP contribution is -2.49. The summed E-state index contributed by atoms with van der Waals surface area (Å²) in [4.78, 5) is 18.8. The molecule has 3 heterocycles. The van der Waals surface area contributed by atoms with Crippen LogP contribution in [0, 0.1) is 0 Å². The van der Waals surface area contributed by atoms with E-state index in [4.69, 9.17) is 0 Å². The number of carbonyl (C=O) groups is 1. The van der Waals surface area contributed by atoms with Crippen molar-refractivity contribution in [1.82, 2.24) is 19.6 Å². The summed E-state index contributed by atoms with van der Waals surface area (Å²) in [6, 6.07) is 8.23. The van der Waals surface area contributed by atoms with Crippen molar-refractivity contribution in [3.8, 4) is 11.1 Å². The Labute approximate surface area is 221 Å². The standard InChI is InChI=1S/C27H27F6N5O/c28-26(29,30)22-6-3-19(4-7-22)21-16-34-38(18-21)25(39)37-13-11-35(12-14-37)17-20-5-8-23(27(31,32)33)15-24(20)36-9-1-2-10-36/h3-8,15-16,18H,1-2,9-14,17H2. The molecule has 0 N–H and O–H groups in total. The molecule has 0 saturated carbocycles. The fourth-order valence-electron chi connectivity index (χ4n) is 5.04. The third-order valence-electron chi connectivity index (χ3n) is 7.22. The zero-order valence-electron chi connectivity index (χ0n) is 21.0. The van der Waals surface area contributed by atoms with Crippen LogP contribution in [0.3, 0.4) is 0 Å². The lowest BCUT2D eigenvalue weighted by atomic mass is 10.1. The van der Waals surface area contributed by atoms with Crippen LogP contribution in [-0.4, -0.2) is 64.9 Å². The number of nitrogens with zero attached hydrogens (tertiary/aromatic N) is 5. The van der Waals surface area contributed by atoms with Gasteiger partial charge in [-0.3, -0.25) is 4.90 Å². The fraction of sp³-hybridized carbons (Fsp3) is 0.407. The van der Waals surface area contributed by atoms with Crippen LogP contribution in [0.15, 0.2) is 54.9 Å². The van der Waals surface area contributed by atoms with Crippen molar-refractivity contribution in [2.75, 3.05) is 44.2 Å². The number of hydrogen-bond donors (Lipinski definition) is 0. The molecule has 39 heavy (non-hydrogen) atoms. The average molecular weight is 552 g/mol. The van der Waals surface area contributed by atoms with Gasteiger partial charge < -0.3 is 9.80 Å². The Bertz CT molecular complexity index is 1300. The first kappa shape index (κ1) is 27.0. The van der Waals surface area contributed by atoms with Crippen molar-refractivity contribution in [3.63, 3.8) is 0 Å². The second-order valence-electron chi connectivity index (χ2n) is 9.83. The third kappa shape index (κ3) is 6.05. The first-order valence-corrected chi connectivity index (χ1v) is 12.7. The van der Waals surface area contributed by atoms with Gasteiger partial charge in [0.2, 0.25) is 0 Å². The normalized spacial score (nSPS) is 17.2. The van der Waals surface area contributed by atoms with Crippen LogP contribution in [0.1, 0.15) is 29.5 Å². The number of aromatic nitrogens is 2. The highest BCUT2D eigenvalue weighted by molar-refractivity contribution is 5.78. The maximum atomic E-state index is 13.3. The molecule has 3 aromatic rings. The molecule has 0 radical (unpaired) electrons. The fourth-order valence-corrected chi connectivity index (χ4v) is 5.04. The highest BCUT2D eigenvalue weighted by atomic mass is 19.4. The minimum atomic E-state index is -4.43. The predicted molar refractivity (Wildman–Crippen MR) is 133 cm³/mol. The van der Waals surface area contributed by atoms with Crippen molar-refractivity contribution in [1.29, 1.82) is 0 Å². The molecule has 0 spiro atoms. The Kier molecular flexibility index (Phi) is 7.32. The summed E-state index contributed by atoms with van der Waals surface area (Å²) in [7, 11) is 0. The number of amides is 1. The van der Waals surface area contributed by atoms with Crippen LogP contribution in [0.25, 0.3) is 11.1 Å².